The van der Waals surface area contributed by atoms with Crippen LogP contribution < -0.4 is 5.73 Å². The third-order valence-electron chi connectivity index (χ3n) is 2.70. The third-order valence-corrected chi connectivity index (χ3v) is 3.72. The Morgan fingerprint density at radius 1 is 1.06 bits per heavy atom. The van der Waals surface area contributed by atoms with Gasteiger partial charge in [-0.05, 0) is 31.0 Å². The molecule has 2 nitrogen and oxygen atoms in total. The minimum absolute atomic E-state index is 0.551. The fourth-order valence-electron chi connectivity index (χ4n) is 1.93. The molecule has 2 N–H and O–H groups in total. The molecule has 94 valence electrons. The van der Waals surface area contributed by atoms with Gasteiger partial charge in [0.2, 0.25) is 0 Å². The molecule has 0 aliphatic heterocycles. The summed E-state index contributed by atoms with van der Waals surface area (Å²) >= 11 is 1.76. The Hall–Kier alpha value is -1.32. The van der Waals surface area contributed by atoms with E-state index in [-0.39, 0.29) is 0 Å². The lowest BCUT2D eigenvalue weighted by atomic mass is 10.1. The highest BCUT2D eigenvalue weighted by atomic mass is 32.2. The van der Waals surface area contributed by atoms with E-state index >= 15 is 0 Å². The number of benzene rings is 1. The van der Waals surface area contributed by atoms with Gasteiger partial charge in [-0.3, -0.25) is 0 Å². The smallest absolute Gasteiger partial charge is 0.0963 e. The number of pyridine rings is 1. The molecule has 0 radical (unpaired) electrons. The van der Waals surface area contributed by atoms with Crippen LogP contribution >= 0.6 is 11.8 Å². The monoisotopic (exact) mass is 258 g/mol. The molecule has 1 aromatic carbocycles. The van der Waals surface area contributed by atoms with Crippen LogP contribution in [0.4, 0.5) is 0 Å². The highest BCUT2D eigenvalue weighted by molar-refractivity contribution is 7.98. The highest BCUT2D eigenvalue weighted by Crippen LogP contribution is 2.22. The molecule has 0 amide bonds. The second-order valence-corrected chi connectivity index (χ2v) is 5.49. The van der Waals surface area contributed by atoms with Gasteiger partial charge < -0.3 is 5.73 Å². The molecule has 0 spiro atoms. The van der Waals surface area contributed by atoms with Gasteiger partial charge >= 0.3 is 0 Å². The molecular formula is C15H18N2S. The van der Waals surface area contributed by atoms with Gasteiger partial charge in [-0.25, -0.2) is 4.98 Å². The van der Waals surface area contributed by atoms with Crippen LogP contribution in [0.25, 0.3) is 0 Å². The minimum atomic E-state index is 0.551. The zero-order chi connectivity index (χ0) is 13.0. The van der Waals surface area contributed by atoms with Gasteiger partial charge in [0.1, 0.15) is 0 Å². The van der Waals surface area contributed by atoms with Crippen LogP contribution in [0.1, 0.15) is 22.3 Å². The summed E-state index contributed by atoms with van der Waals surface area (Å²) in [4.78, 5) is 4.39. The van der Waals surface area contributed by atoms with Crippen molar-refractivity contribution in [3.63, 3.8) is 0 Å². The lowest BCUT2D eigenvalue weighted by molar-refractivity contribution is 1.01. The fraction of sp³-hybridized carbons (Fsp3) is 0.267. The number of aromatic nitrogens is 1. The van der Waals surface area contributed by atoms with Crippen LogP contribution in [0, 0.1) is 13.8 Å². The Balaban J connectivity index is 2.01. The van der Waals surface area contributed by atoms with Gasteiger partial charge in [-0.15, -0.1) is 11.8 Å². The average molecular weight is 258 g/mol. The van der Waals surface area contributed by atoms with E-state index in [1.807, 2.05) is 18.3 Å². The van der Waals surface area contributed by atoms with E-state index in [9.17, 15) is 0 Å². The number of aryl methyl sites for hydroxylation is 2. The minimum Gasteiger partial charge on any atom is -0.326 e. The maximum atomic E-state index is 5.55. The summed E-state index contributed by atoms with van der Waals surface area (Å²) in [6.45, 7) is 4.82. The quantitative estimate of drug-likeness (QED) is 0.854. The van der Waals surface area contributed by atoms with E-state index in [2.05, 4.69) is 37.0 Å². The molecule has 18 heavy (non-hydrogen) atoms. The van der Waals surface area contributed by atoms with Crippen LogP contribution in [0.5, 0.6) is 0 Å². The van der Waals surface area contributed by atoms with E-state index in [1.165, 1.54) is 16.7 Å². The lowest BCUT2D eigenvalue weighted by Crippen LogP contribution is -1.96. The normalized spacial score (nSPS) is 10.6. The summed E-state index contributed by atoms with van der Waals surface area (Å²) in [6.07, 6.45) is 1.85. The summed E-state index contributed by atoms with van der Waals surface area (Å²) in [6, 6.07) is 10.7. The van der Waals surface area contributed by atoms with Crippen molar-refractivity contribution in [2.75, 3.05) is 0 Å². The van der Waals surface area contributed by atoms with Gasteiger partial charge in [-0.1, -0.05) is 35.4 Å². The Bertz CT molecular complexity index is 500. The second-order valence-electron chi connectivity index (χ2n) is 4.49. The number of hydrogen-bond acceptors (Lipinski definition) is 3. The van der Waals surface area contributed by atoms with Gasteiger partial charge in [0, 0.05) is 18.5 Å². The van der Waals surface area contributed by atoms with E-state index < -0.39 is 0 Å². The van der Waals surface area contributed by atoms with Crippen molar-refractivity contribution in [1.82, 2.24) is 4.98 Å². The topological polar surface area (TPSA) is 38.9 Å². The summed E-state index contributed by atoms with van der Waals surface area (Å²) in [5.41, 5.74) is 10.6. The Morgan fingerprint density at radius 3 is 2.33 bits per heavy atom. The largest absolute Gasteiger partial charge is 0.326 e. The van der Waals surface area contributed by atoms with Crippen molar-refractivity contribution < 1.29 is 0 Å². The average Bonchev–Trinajstić information content (AvgIpc) is 2.36. The first kappa shape index (κ1) is 13.1. The van der Waals surface area contributed by atoms with Crippen molar-refractivity contribution in [3.8, 4) is 0 Å². The molecule has 2 aromatic rings. The zero-order valence-electron chi connectivity index (χ0n) is 10.8. The van der Waals surface area contributed by atoms with Crippen LogP contribution in [0.15, 0.2) is 41.6 Å². The molecule has 0 fully saturated rings. The molecule has 1 aromatic heterocycles. The number of thioether (sulfide) groups is 1. The number of nitrogens with two attached hydrogens (primary N) is 1. The van der Waals surface area contributed by atoms with E-state index in [1.54, 1.807) is 11.8 Å². The lowest BCUT2D eigenvalue weighted by Gasteiger charge is -2.05. The van der Waals surface area contributed by atoms with Gasteiger partial charge in [0.15, 0.2) is 0 Å². The third kappa shape index (κ3) is 3.59. The molecule has 2 rings (SSSR count). The zero-order valence-corrected chi connectivity index (χ0v) is 11.6. The second kappa shape index (κ2) is 6.03. The van der Waals surface area contributed by atoms with Crippen molar-refractivity contribution in [2.24, 2.45) is 5.73 Å². The summed E-state index contributed by atoms with van der Waals surface area (Å²) in [5, 5.41) is 1.05. The molecule has 1 heterocycles. The maximum absolute atomic E-state index is 5.55. The first-order chi connectivity index (χ1) is 8.67. The van der Waals surface area contributed by atoms with Crippen molar-refractivity contribution >= 4 is 11.8 Å². The van der Waals surface area contributed by atoms with Crippen molar-refractivity contribution in [3.05, 3.63) is 58.8 Å². The SMILES string of the molecule is Cc1cc(C)cc(CSc2ccc(CN)cn2)c1. The van der Waals surface area contributed by atoms with Gasteiger partial charge in [-0.2, -0.15) is 0 Å². The van der Waals surface area contributed by atoms with Crippen molar-refractivity contribution in [2.45, 2.75) is 31.2 Å². The molecule has 0 saturated heterocycles. The molecule has 0 aliphatic carbocycles. The molecule has 3 heteroatoms. The fourth-order valence-corrected chi connectivity index (χ4v) is 2.70. The number of hydrogen-bond donors (Lipinski definition) is 1. The van der Waals surface area contributed by atoms with Crippen molar-refractivity contribution in [1.29, 1.82) is 0 Å². The van der Waals surface area contributed by atoms with Crippen LogP contribution in [0.2, 0.25) is 0 Å². The van der Waals surface area contributed by atoms with Crippen LogP contribution in [-0.2, 0) is 12.3 Å². The van der Waals surface area contributed by atoms with Gasteiger partial charge in [0.25, 0.3) is 0 Å². The first-order valence-corrected chi connectivity index (χ1v) is 7.01. The van der Waals surface area contributed by atoms with Crippen LogP contribution in [0.3, 0.4) is 0 Å². The Morgan fingerprint density at radius 2 is 1.78 bits per heavy atom. The summed E-state index contributed by atoms with van der Waals surface area (Å²) in [7, 11) is 0. The summed E-state index contributed by atoms with van der Waals surface area (Å²) < 4.78 is 0. The molecular weight excluding hydrogens is 240 g/mol. The predicted molar refractivity (Wildman–Crippen MR) is 77.6 cm³/mol. The van der Waals surface area contributed by atoms with Gasteiger partial charge in [0.05, 0.1) is 5.03 Å². The number of rotatable bonds is 4. The molecule has 0 bridgehead atoms. The molecule has 0 unspecified atom stereocenters. The van der Waals surface area contributed by atoms with Crippen LogP contribution in [-0.4, -0.2) is 4.98 Å². The predicted octanol–water partition coefficient (Wildman–Crippen LogP) is 3.45. The summed E-state index contributed by atoms with van der Waals surface area (Å²) in [5.74, 6) is 0.956. The van der Waals surface area contributed by atoms with E-state index in [0.717, 1.165) is 16.3 Å². The maximum Gasteiger partial charge on any atom is 0.0963 e. The Kier molecular flexibility index (Phi) is 4.39. The standard InChI is InChI=1S/C15H18N2S/c1-11-5-12(2)7-14(6-11)10-18-15-4-3-13(8-16)9-17-15/h3-7,9H,8,10,16H2,1-2H3. The first-order valence-electron chi connectivity index (χ1n) is 6.02. The Labute approximate surface area is 113 Å². The number of nitrogens with zero attached hydrogens (tertiary/aromatic N) is 1. The highest BCUT2D eigenvalue weighted by Gasteiger charge is 2.00. The van der Waals surface area contributed by atoms with E-state index in [0.29, 0.717) is 6.54 Å². The molecule has 0 saturated carbocycles. The van der Waals surface area contributed by atoms with E-state index in [4.69, 9.17) is 5.73 Å². The molecule has 0 aliphatic rings. The molecule has 0 atom stereocenters.